The zero-order valence-electron chi connectivity index (χ0n) is 23.5. The summed E-state index contributed by atoms with van der Waals surface area (Å²) < 4.78 is 3.23. The lowest BCUT2D eigenvalue weighted by atomic mass is 9.79. The minimum Gasteiger partial charge on any atom is -0.386 e. The largest absolute Gasteiger partial charge is 0.386 e. The van der Waals surface area contributed by atoms with Crippen LogP contribution < -0.4 is 0 Å². The van der Waals surface area contributed by atoms with Gasteiger partial charge < -0.3 is 10.2 Å². The van der Waals surface area contributed by atoms with E-state index in [9.17, 15) is 10.2 Å². The summed E-state index contributed by atoms with van der Waals surface area (Å²) >= 11 is 18.1. The number of nitrogens with zero attached hydrogens (tertiary/aromatic N) is 6. The van der Waals surface area contributed by atoms with Crippen LogP contribution >= 0.6 is 34.8 Å². The van der Waals surface area contributed by atoms with Crippen molar-refractivity contribution in [2.75, 3.05) is 0 Å². The second-order valence-corrected chi connectivity index (χ2v) is 12.8. The van der Waals surface area contributed by atoms with E-state index in [0.717, 1.165) is 11.1 Å². The standard InChI is InChI=1S/C15H17Cl2N3O.C15H18ClN3O/c1-15(2,3)14(21)13(20-9-18-8-19-20)6-10-4-5-11(16)7-12(10)17;1-11(12-2-3-12)15(20,8-19-10-17-9-18-19)13-4-6-14(16)7-5-13/h4-9,14,21H,1-3H3;4-7,9-12,20H,2-3,8H2,1H3/b13-6+;. The van der Waals surface area contributed by atoms with E-state index < -0.39 is 11.7 Å². The van der Waals surface area contributed by atoms with E-state index >= 15 is 0 Å². The van der Waals surface area contributed by atoms with Crippen LogP contribution in [0.25, 0.3) is 11.8 Å². The van der Waals surface area contributed by atoms with Crippen LogP contribution in [0.5, 0.6) is 0 Å². The van der Waals surface area contributed by atoms with Crippen LogP contribution in [0, 0.1) is 17.3 Å². The summed E-state index contributed by atoms with van der Waals surface area (Å²) in [7, 11) is 0. The molecular weight excluding hydrogens is 583 g/mol. The molecule has 4 aromatic rings. The van der Waals surface area contributed by atoms with Crippen molar-refractivity contribution in [2.45, 2.75) is 58.8 Å². The fourth-order valence-corrected chi connectivity index (χ4v) is 5.21. The third kappa shape index (κ3) is 7.96. The normalized spacial score (nSPS) is 16.9. The monoisotopic (exact) mass is 616 g/mol. The van der Waals surface area contributed by atoms with Crippen molar-refractivity contribution >= 4 is 46.6 Å². The van der Waals surface area contributed by atoms with Gasteiger partial charge in [0.05, 0.1) is 12.2 Å². The van der Waals surface area contributed by atoms with E-state index in [2.05, 4.69) is 27.1 Å². The number of hydrogen-bond donors (Lipinski definition) is 2. The van der Waals surface area contributed by atoms with E-state index in [0.29, 0.717) is 33.2 Å². The molecule has 0 saturated heterocycles. The van der Waals surface area contributed by atoms with Gasteiger partial charge in [-0.05, 0) is 71.6 Å². The second kappa shape index (κ2) is 13.0. The second-order valence-electron chi connectivity index (χ2n) is 11.5. The van der Waals surface area contributed by atoms with Crippen molar-refractivity contribution in [3.05, 3.63) is 94.0 Å². The highest BCUT2D eigenvalue weighted by atomic mass is 35.5. The molecule has 0 spiro atoms. The maximum absolute atomic E-state index is 11.3. The molecule has 0 aliphatic heterocycles. The molecule has 2 heterocycles. The van der Waals surface area contributed by atoms with Crippen molar-refractivity contribution in [1.29, 1.82) is 0 Å². The van der Waals surface area contributed by atoms with Gasteiger partial charge in [-0.15, -0.1) is 0 Å². The molecule has 11 heteroatoms. The molecule has 3 atom stereocenters. The number of aliphatic hydroxyl groups is 2. The smallest absolute Gasteiger partial charge is 0.138 e. The van der Waals surface area contributed by atoms with Gasteiger partial charge in [0.15, 0.2) is 0 Å². The lowest BCUT2D eigenvalue weighted by molar-refractivity contribution is -0.0442. The molecule has 2 aromatic carbocycles. The molecule has 2 aromatic heterocycles. The zero-order chi connectivity index (χ0) is 29.8. The van der Waals surface area contributed by atoms with Crippen molar-refractivity contribution in [1.82, 2.24) is 29.5 Å². The average molecular weight is 618 g/mol. The molecule has 3 unspecified atom stereocenters. The first-order valence-electron chi connectivity index (χ1n) is 13.4. The summed E-state index contributed by atoms with van der Waals surface area (Å²) in [6.45, 7) is 8.37. The Hall–Kier alpha value is -2.75. The summed E-state index contributed by atoms with van der Waals surface area (Å²) in [4.78, 5) is 7.89. The van der Waals surface area contributed by atoms with Crippen LogP contribution in [0.2, 0.25) is 15.1 Å². The molecule has 1 saturated carbocycles. The summed E-state index contributed by atoms with van der Waals surface area (Å²) in [6.07, 6.45) is 9.54. The zero-order valence-corrected chi connectivity index (χ0v) is 25.8. The SMILES string of the molecule is CC(C)(C)C(O)/C(=C\c1ccc(Cl)cc1Cl)n1cncn1.CC(C1CC1)C(O)(Cn1cncn1)c1ccc(Cl)cc1. The first kappa shape index (κ1) is 31.2. The minimum atomic E-state index is -0.945. The lowest BCUT2D eigenvalue weighted by Gasteiger charge is -2.35. The summed E-state index contributed by atoms with van der Waals surface area (Å²) in [6, 6.07) is 12.7. The maximum Gasteiger partial charge on any atom is 0.138 e. The average Bonchev–Trinajstić information content (AvgIpc) is 3.37. The fraction of sp³-hybridized carbons (Fsp3) is 0.400. The molecule has 1 aliphatic rings. The van der Waals surface area contributed by atoms with E-state index in [-0.39, 0.29) is 11.3 Å². The summed E-state index contributed by atoms with van der Waals surface area (Å²) in [5.41, 5.74) is 0.951. The Morgan fingerprint density at radius 3 is 2.15 bits per heavy atom. The fourth-order valence-electron chi connectivity index (χ4n) is 4.62. The molecule has 8 nitrogen and oxygen atoms in total. The van der Waals surface area contributed by atoms with Gasteiger partial charge in [0, 0.05) is 15.1 Å². The number of hydrogen-bond acceptors (Lipinski definition) is 6. The molecule has 0 amide bonds. The topological polar surface area (TPSA) is 102 Å². The predicted octanol–water partition coefficient (Wildman–Crippen LogP) is 6.86. The van der Waals surface area contributed by atoms with Crippen LogP contribution in [0.4, 0.5) is 0 Å². The molecule has 1 aliphatic carbocycles. The van der Waals surface area contributed by atoms with Gasteiger partial charge in [0.2, 0.25) is 0 Å². The third-order valence-electron chi connectivity index (χ3n) is 7.35. The molecule has 0 radical (unpaired) electrons. The minimum absolute atomic E-state index is 0.174. The van der Waals surface area contributed by atoms with Crippen molar-refractivity contribution < 1.29 is 10.2 Å². The lowest BCUT2D eigenvalue weighted by Crippen LogP contribution is -2.39. The highest BCUT2D eigenvalue weighted by molar-refractivity contribution is 6.35. The summed E-state index contributed by atoms with van der Waals surface area (Å²) in [5, 5.41) is 31.9. The van der Waals surface area contributed by atoms with Gasteiger partial charge in [-0.25, -0.2) is 19.3 Å². The highest BCUT2D eigenvalue weighted by Crippen LogP contribution is 2.46. The van der Waals surface area contributed by atoms with Crippen LogP contribution in [-0.4, -0.2) is 45.8 Å². The molecule has 5 rings (SSSR count). The van der Waals surface area contributed by atoms with Gasteiger partial charge in [0.25, 0.3) is 0 Å². The third-order valence-corrected chi connectivity index (χ3v) is 8.16. The number of benzene rings is 2. The Kier molecular flexibility index (Phi) is 9.93. The molecule has 41 heavy (non-hydrogen) atoms. The highest BCUT2D eigenvalue weighted by Gasteiger charge is 2.44. The van der Waals surface area contributed by atoms with E-state index in [1.54, 1.807) is 46.3 Å². The van der Waals surface area contributed by atoms with Crippen molar-refractivity contribution in [3.8, 4) is 0 Å². The Labute approximate surface area is 255 Å². The van der Waals surface area contributed by atoms with Gasteiger partial charge in [-0.2, -0.15) is 10.2 Å². The maximum atomic E-state index is 11.3. The Morgan fingerprint density at radius 2 is 1.61 bits per heavy atom. The quantitative estimate of drug-likeness (QED) is 0.224. The molecule has 2 N–H and O–H groups in total. The number of halogens is 3. The molecule has 218 valence electrons. The number of aromatic nitrogens is 6. The van der Waals surface area contributed by atoms with Gasteiger partial charge in [-0.1, -0.05) is 80.7 Å². The van der Waals surface area contributed by atoms with Crippen LogP contribution in [0.1, 0.15) is 51.7 Å². The Bertz CT molecular complexity index is 1430. The van der Waals surface area contributed by atoms with Crippen LogP contribution in [-0.2, 0) is 12.1 Å². The van der Waals surface area contributed by atoms with Crippen molar-refractivity contribution in [3.63, 3.8) is 0 Å². The Balaban J connectivity index is 0.000000189. The van der Waals surface area contributed by atoms with Gasteiger partial charge >= 0.3 is 0 Å². The molecule has 1 fully saturated rings. The first-order chi connectivity index (χ1) is 19.4. The van der Waals surface area contributed by atoms with Gasteiger partial charge in [0.1, 0.15) is 37.0 Å². The molecule has 0 bridgehead atoms. The first-order valence-corrected chi connectivity index (χ1v) is 14.5. The van der Waals surface area contributed by atoms with Crippen LogP contribution in [0.15, 0.2) is 67.8 Å². The van der Waals surface area contributed by atoms with Crippen molar-refractivity contribution in [2.24, 2.45) is 17.3 Å². The van der Waals surface area contributed by atoms with E-state index in [4.69, 9.17) is 34.8 Å². The summed E-state index contributed by atoms with van der Waals surface area (Å²) in [5.74, 6) is 0.757. The predicted molar refractivity (Wildman–Crippen MR) is 163 cm³/mol. The molecular formula is C30H35Cl3N6O2. The van der Waals surface area contributed by atoms with E-state index in [1.807, 2.05) is 45.0 Å². The van der Waals surface area contributed by atoms with Gasteiger partial charge in [-0.3, -0.25) is 0 Å². The number of aliphatic hydroxyl groups excluding tert-OH is 1. The van der Waals surface area contributed by atoms with Crippen LogP contribution in [0.3, 0.4) is 0 Å². The number of rotatable bonds is 8. The Morgan fingerprint density at radius 1 is 0.976 bits per heavy atom. The van der Waals surface area contributed by atoms with E-state index in [1.165, 1.54) is 25.5 Å².